The van der Waals surface area contributed by atoms with Crippen molar-refractivity contribution in [2.75, 3.05) is 36.2 Å². The van der Waals surface area contributed by atoms with Gasteiger partial charge in [0.1, 0.15) is 5.75 Å². The van der Waals surface area contributed by atoms with E-state index in [1.165, 1.54) is 0 Å². The molecule has 0 fully saturated rings. The van der Waals surface area contributed by atoms with Crippen molar-refractivity contribution in [1.29, 1.82) is 0 Å². The number of benzene rings is 3. The quantitative estimate of drug-likeness (QED) is 0.0862. The molecule has 1 aromatic heterocycles. The van der Waals surface area contributed by atoms with Gasteiger partial charge in [0.25, 0.3) is 5.91 Å². The minimum absolute atomic E-state index is 0.0108. The van der Waals surface area contributed by atoms with Crippen molar-refractivity contribution >= 4 is 44.8 Å². The van der Waals surface area contributed by atoms with Gasteiger partial charge in [-0.2, -0.15) is 0 Å². The van der Waals surface area contributed by atoms with Crippen molar-refractivity contribution in [3.05, 3.63) is 106 Å². The molecule has 3 atom stereocenters. The second-order valence-corrected chi connectivity index (χ2v) is 14.4. The lowest BCUT2D eigenvalue weighted by Crippen LogP contribution is -2.49. The van der Waals surface area contributed by atoms with Crippen LogP contribution in [0, 0.1) is 5.92 Å². The summed E-state index contributed by atoms with van der Waals surface area (Å²) in [6, 6.07) is 18.4. The SMILES string of the molecule is CCOc1ccc2c(c1)CC(NCCCCO)C(=O)N2c1cccc(CN2C(=O)[C@](O)([C@H](C)/C=C/CCn3cc(CCO)nn3)c3cc(Br)ccc32)c1. The Morgan fingerprint density at radius 3 is 2.70 bits per heavy atom. The van der Waals surface area contributed by atoms with E-state index in [4.69, 9.17) is 9.84 Å². The average molecular weight is 788 g/mol. The van der Waals surface area contributed by atoms with Crippen LogP contribution >= 0.6 is 15.9 Å². The van der Waals surface area contributed by atoms with Crippen LogP contribution in [0.1, 0.15) is 55.5 Å². The van der Waals surface area contributed by atoms with E-state index in [1.807, 2.05) is 80.6 Å². The maximum atomic E-state index is 14.3. The predicted octanol–water partition coefficient (Wildman–Crippen LogP) is 4.94. The summed E-state index contributed by atoms with van der Waals surface area (Å²) in [5.74, 6) is -0.315. The number of nitrogens with zero attached hydrogens (tertiary/aromatic N) is 5. The van der Waals surface area contributed by atoms with Gasteiger partial charge in [-0.05, 0) is 98.8 Å². The molecule has 2 amide bonds. The molecular formula is C40H47BrN6O6. The molecule has 6 rings (SSSR count). The third-order valence-corrected chi connectivity index (χ3v) is 10.3. The average Bonchev–Trinajstić information content (AvgIpc) is 3.68. The fourth-order valence-corrected chi connectivity index (χ4v) is 7.46. The number of unbranched alkanes of at least 4 members (excludes halogenated alkanes) is 1. The number of aliphatic hydroxyl groups is 3. The Morgan fingerprint density at radius 1 is 1.08 bits per heavy atom. The number of anilines is 3. The van der Waals surface area contributed by atoms with E-state index in [9.17, 15) is 19.8 Å². The number of amides is 2. The van der Waals surface area contributed by atoms with Crippen molar-refractivity contribution in [2.45, 2.75) is 70.7 Å². The molecule has 53 heavy (non-hydrogen) atoms. The third-order valence-electron chi connectivity index (χ3n) is 9.82. The molecule has 4 N–H and O–H groups in total. The molecule has 3 aromatic carbocycles. The Kier molecular flexibility index (Phi) is 12.4. The fraction of sp³-hybridized carbons (Fsp3) is 0.400. The van der Waals surface area contributed by atoms with E-state index >= 15 is 0 Å². The summed E-state index contributed by atoms with van der Waals surface area (Å²) < 4.78 is 8.25. The monoisotopic (exact) mass is 786 g/mol. The first kappa shape index (κ1) is 38.3. The van der Waals surface area contributed by atoms with Gasteiger partial charge in [0, 0.05) is 54.0 Å². The van der Waals surface area contributed by atoms with E-state index in [-0.39, 0.29) is 25.7 Å². The number of ether oxygens (including phenoxy) is 1. The third kappa shape index (κ3) is 8.24. The standard InChI is InChI=1S/C40H47BrN6O6/c1-3-53-33-13-15-36-29(22-33)23-35(42-17-5-7-19-48)38(50)47(36)32-11-8-10-28(21-32)25-46-37-14-12-30(41)24-34(37)40(52,39(46)51)27(2)9-4-6-18-45-26-31(16-20-49)43-44-45/h4,8-15,21-22,24,26-27,35,42,48-49,52H,3,5-7,16-20,23,25H2,1-2H3/b9-4+/t27-,35?,40+/m1/s1. The van der Waals surface area contributed by atoms with Gasteiger partial charge in [-0.15, -0.1) is 5.10 Å². The van der Waals surface area contributed by atoms with Gasteiger partial charge >= 0.3 is 0 Å². The van der Waals surface area contributed by atoms with Crippen LogP contribution in [0.3, 0.4) is 0 Å². The zero-order valence-electron chi connectivity index (χ0n) is 30.1. The first-order valence-corrected chi connectivity index (χ1v) is 19.0. The zero-order valence-corrected chi connectivity index (χ0v) is 31.7. The Morgan fingerprint density at radius 2 is 1.91 bits per heavy atom. The number of fused-ring (bicyclic) bond motifs is 2. The number of hydrogen-bond donors (Lipinski definition) is 4. The summed E-state index contributed by atoms with van der Waals surface area (Å²) in [7, 11) is 0. The molecule has 0 spiro atoms. The fourth-order valence-electron chi connectivity index (χ4n) is 7.10. The van der Waals surface area contributed by atoms with Crippen LogP contribution in [0.25, 0.3) is 0 Å². The summed E-state index contributed by atoms with van der Waals surface area (Å²) in [6.07, 6.45) is 8.58. The topological polar surface area (TPSA) is 153 Å². The van der Waals surface area contributed by atoms with E-state index in [0.717, 1.165) is 39.2 Å². The molecule has 0 aliphatic carbocycles. The highest BCUT2D eigenvalue weighted by molar-refractivity contribution is 9.10. The molecule has 2 aliphatic heterocycles. The highest BCUT2D eigenvalue weighted by Gasteiger charge is 2.52. The predicted molar refractivity (Wildman–Crippen MR) is 206 cm³/mol. The number of aromatic nitrogens is 3. The molecule has 280 valence electrons. The highest BCUT2D eigenvalue weighted by atomic mass is 79.9. The van der Waals surface area contributed by atoms with Gasteiger partial charge in [-0.3, -0.25) is 19.2 Å². The molecule has 0 radical (unpaired) electrons. The number of aliphatic hydroxyl groups excluding tert-OH is 2. The van der Waals surface area contributed by atoms with Crippen molar-refractivity contribution < 1.29 is 29.6 Å². The lowest BCUT2D eigenvalue weighted by molar-refractivity contribution is -0.139. The Bertz CT molecular complexity index is 1950. The largest absolute Gasteiger partial charge is 0.494 e. The van der Waals surface area contributed by atoms with Gasteiger partial charge in [-0.25, -0.2) is 0 Å². The zero-order chi connectivity index (χ0) is 37.5. The summed E-state index contributed by atoms with van der Waals surface area (Å²) in [5, 5.41) is 42.2. The minimum Gasteiger partial charge on any atom is -0.494 e. The number of carbonyl (C=O) groups excluding carboxylic acids is 2. The Hall–Kier alpha value is -4.40. The highest BCUT2D eigenvalue weighted by Crippen LogP contribution is 2.47. The van der Waals surface area contributed by atoms with Gasteiger partial charge in [0.2, 0.25) is 5.91 Å². The number of halogens is 1. The summed E-state index contributed by atoms with van der Waals surface area (Å²) in [4.78, 5) is 31.8. The Balaban J connectivity index is 1.24. The van der Waals surface area contributed by atoms with Crippen LogP contribution in [-0.2, 0) is 41.1 Å². The van der Waals surface area contributed by atoms with Gasteiger partial charge in [0.05, 0.1) is 36.3 Å². The van der Waals surface area contributed by atoms with E-state index in [2.05, 4.69) is 31.6 Å². The number of hydrogen-bond acceptors (Lipinski definition) is 9. The van der Waals surface area contributed by atoms with Gasteiger partial charge in [0.15, 0.2) is 5.60 Å². The van der Waals surface area contributed by atoms with Crippen molar-refractivity contribution in [1.82, 2.24) is 20.3 Å². The van der Waals surface area contributed by atoms with Crippen LogP contribution in [0.4, 0.5) is 17.1 Å². The summed E-state index contributed by atoms with van der Waals surface area (Å²) in [5.41, 5.74) is 3.29. The summed E-state index contributed by atoms with van der Waals surface area (Å²) in [6.45, 7) is 5.77. The number of aryl methyl sites for hydroxylation is 1. The van der Waals surface area contributed by atoms with Gasteiger partial charge < -0.3 is 30.3 Å². The van der Waals surface area contributed by atoms with Crippen LogP contribution in [0.2, 0.25) is 0 Å². The Labute approximate surface area is 318 Å². The van der Waals surface area contributed by atoms with E-state index in [1.54, 1.807) is 26.7 Å². The molecule has 4 aromatic rings. The molecular weight excluding hydrogens is 740 g/mol. The number of carbonyl (C=O) groups is 2. The maximum absolute atomic E-state index is 14.3. The number of nitrogens with one attached hydrogen (secondary N) is 1. The lowest BCUT2D eigenvalue weighted by Gasteiger charge is -2.35. The minimum atomic E-state index is -1.80. The molecule has 0 saturated carbocycles. The van der Waals surface area contributed by atoms with Crippen LogP contribution in [-0.4, -0.2) is 74.5 Å². The lowest BCUT2D eigenvalue weighted by atomic mass is 9.83. The second-order valence-electron chi connectivity index (χ2n) is 13.5. The van der Waals surface area contributed by atoms with Crippen LogP contribution in [0.15, 0.2) is 83.5 Å². The smallest absolute Gasteiger partial charge is 0.264 e. The van der Waals surface area contributed by atoms with Crippen molar-refractivity contribution in [3.63, 3.8) is 0 Å². The number of allylic oxidation sites excluding steroid dienone is 1. The summed E-state index contributed by atoms with van der Waals surface area (Å²) >= 11 is 3.54. The second kappa shape index (κ2) is 17.2. The normalized spacial score (nSPS) is 18.9. The first-order chi connectivity index (χ1) is 25.7. The first-order valence-electron chi connectivity index (χ1n) is 18.2. The maximum Gasteiger partial charge on any atom is 0.264 e. The molecule has 0 bridgehead atoms. The molecule has 2 aliphatic rings. The molecule has 0 saturated heterocycles. The van der Waals surface area contributed by atoms with Crippen molar-refractivity contribution in [3.8, 4) is 5.75 Å². The van der Waals surface area contributed by atoms with Crippen LogP contribution in [0.5, 0.6) is 5.75 Å². The van der Waals surface area contributed by atoms with Crippen molar-refractivity contribution in [2.24, 2.45) is 5.92 Å². The van der Waals surface area contributed by atoms with Crippen LogP contribution < -0.4 is 19.9 Å². The molecule has 13 heteroatoms. The number of rotatable bonds is 17. The molecule has 1 unspecified atom stereocenters. The molecule has 3 heterocycles. The van der Waals surface area contributed by atoms with Gasteiger partial charge in [-0.1, -0.05) is 52.4 Å². The van der Waals surface area contributed by atoms with E-state index in [0.29, 0.717) is 62.3 Å². The van der Waals surface area contributed by atoms with E-state index < -0.39 is 23.5 Å². The molecule has 12 nitrogen and oxygen atoms in total.